The molecule has 1 aromatic heterocycles. The molecule has 5 nitrogen and oxygen atoms in total. The Morgan fingerprint density at radius 2 is 2.08 bits per heavy atom. The van der Waals surface area contributed by atoms with Crippen molar-refractivity contribution < 1.29 is 4.79 Å². The molecule has 0 spiro atoms. The maximum Gasteiger partial charge on any atom is 0.217 e. The molecule has 3 rings (SSSR count). The summed E-state index contributed by atoms with van der Waals surface area (Å²) in [5, 5.41) is 7.74. The Bertz CT molecular complexity index is 767. The van der Waals surface area contributed by atoms with Gasteiger partial charge in [-0.1, -0.05) is 25.5 Å². The summed E-state index contributed by atoms with van der Waals surface area (Å²) in [5.41, 5.74) is 4.58. The Morgan fingerprint density at radius 3 is 2.73 bits per heavy atom. The van der Waals surface area contributed by atoms with Gasteiger partial charge in [0.25, 0.3) is 0 Å². The summed E-state index contributed by atoms with van der Waals surface area (Å²) >= 11 is 0. The normalized spacial score (nSPS) is 20.5. The Balaban J connectivity index is 1.72. The monoisotopic (exact) mass is 354 g/mol. The maximum atomic E-state index is 11.5. The number of aromatic nitrogens is 2. The average Bonchev–Trinajstić information content (AvgIpc) is 3.10. The van der Waals surface area contributed by atoms with Crippen LogP contribution in [0.15, 0.2) is 30.3 Å². The molecule has 0 bridgehead atoms. The highest BCUT2D eigenvalue weighted by molar-refractivity contribution is 5.73. The fourth-order valence-electron chi connectivity index (χ4n) is 4.11. The van der Waals surface area contributed by atoms with Crippen molar-refractivity contribution >= 4 is 5.91 Å². The summed E-state index contributed by atoms with van der Waals surface area (Å²) in [6.07, 6.45) is 2.31. The van der Waals surface area contributed by atoms with Crippen LogP contribution in [0.3, 0.4) is 0 Å². The van der Waals surface area contributed by atoms with Gasteiger partial charge in [0.05, 0.1) is 11.4 Å². The van der Waals surface area contributed by atoms with E-state index in [4.69, 9.17) is 0 Å². The molecule has 1 N–H and O–H groups in total. The molecular weight excluding hydrogens is 324 g/mol. The van der Waals surface area contributed by atoms with E-state index >= 15 is 0 Å². The zero-order chi connectivity index (χ0) is 18.7. The Hall–Kier alpha value is -2.14. The van der Waals surface area contributed by atoms with E-state index in [1.807, 2.05) is 11.6 Å². The van der Waals surface area contributed by atoms with Crippen molar-refractivity contribution in [3.05, 3.63) is 47.3 Å². The topological polar surface area (TPSA) is 50.2 Å². The van der Waals surface area contributed by atoms with Crippen molar-refractivity contribution in [3.8, 4) is 5.69 Å². The molecule has 1 aliphatic heterocycles. The first-order valence-corrected chi connectivity index (χ1v) is 9.58. The zero-order valence-corrected chi connectivity index (χ0v) is 16.3. The lowest BCUT2D eigenvalue weighted by Gasteiger charge is -2.18. The van der Waals surface area contributed by atoms with Gasteiger partial charge < -0.3 is 5.32 Å². The summed E-state index contributed by atoms with van der Waals surface area (Å²) < 4.78 is 2.00. The molecule has 1 aliphatic rings. The summed E-state index contributed by atoms with van der Waals surface area (Å²) in [5.74, 6) is 0.618. The lowest BCUT2D eigenvalue weighted by molar-refractivity contribution is -0.119. The van der Waals surface area contributed by atoms with Gasteiger partial charge in [-0.3, -0.25) is 9.69 Å². The van der Waals surface area contributed by atoms with Crippen LogP contribution in [-0.2, 0) is 11.3 Å². The molecule has 2 atom stereocenters. The number of hydrogen-bond donors (Lipinski definition) is 1. The molecule has 2 aromatic rings. The van der Waals surface area contributed by atoms with Gasteiger partial charge in [-0.15, -0.1) is 0 Å². The number of likely N-dealkylation sites (tertiary alicyclic amines) is 1. The van der Waals surface area contributed by atoms with E-state index in [0.717, 1.165) is 49.6 Å². The fraction of sp³-hybridized carbons (Fsp3) is 0.524. The van der Waals surface area contributed by atoms with Gasteiger partial charge in [0.2, 0.25) is 5.91 Å². The lowest BCUT2D eigenvalue weighted by atomic mass is 9.98. The predicted molar refractivity (Wildman–Crippen MR) is 104 cm³/mol. The number of rotatable bonds is 6. The van der Waals surface area contributed by atoms with Crippen LogP contribution >= 0.6 is 0 Å². The van der Waals surface area contributed by atoms with E-state index < -0.39 is 0 Å². The van der Waals surface area contributed by atoms with Crippen LogP contribution in [0.1, 0.15) is 43.6 Å². The second kappa shape index (κ2) is 8.04. The van der Waals surface area contributed by atoms with Gasteiger partial charge in [0.15, 0.2) is 0 Å². The molecule has 0 aliphatic carbocycles. The Morgan fingerprint density at radius 1 is 1.27 bits per heavy atom. The highest BCUT2D eigenvalue weighted by Crippen LogP contribution is 2.24. The van der Waals surface area contributed by atoms with Crippen LogP contribution in [0.25, 0.3) is 5.69 Å². The van der Waals surface area contributed by atoms with Crippen LogP contribution in [0.5, 0.6) is 0 Å². The highest BCUT2D eigenvalue weighted by atomic mass is 16.1. The molecule has 2 unspecified atom stereocenters. The number of hydrogen-bond acceptors (Lipinski definition) is 3. The second-order valence-corrected chi connectivity index (χ2v) is 7.56. The number of carbonyl (C=O) groups excluding carboxylic acids is 1. The van der Waals surface area contributed by atoms with E-state index in [1.165, 1.54) is 5.56 Å². The van der Waals surface area contributed by atoms with Gasteiger partial charge in [-0.05, 0) is 49.9 Å². The van der Waals surface area contributed by atoms with E-state index in [0.29, 0.717) is 5.92 Å². The van der Waals surface area contributed by atoms with Crippen molar-refractivity contribution in [1.82, 2.24) is 20.0 Å². The molecule has 5 heteroatoms. The number of aryl methyl sites for hydroxylation is 2. The van der Waals surface area contributed by atoms with Gasteiger partial charge in [-0.2, -0.15) is 5.10 Å². The van der Waals surface area contributed by atoms with Crippen LogP contribution in [0, 0.1) is 19.8 Å². The van der Waals surface area contributed by atoms with Crippen molar-refractivity contribution in [2.75, 3.05) is 13.1 Å². The minimum Gasteiger partial charge on any atom is -0.352 e. The van der Waals surface area contributed by atoms with Gasteiger partial charge in [0.1, 0.15) is 0 Å². The van der Waals surface area contributed by atoms with Crippen LogP contribution in [0.4, 0.5) is 0 Å². The summed E-state index contributed by atoms with van der Waals surface area (Å²) in [4.78, 5) is 14.0. The third-order valence-corrected chi connectivity index (χ3v) is 5.14. The van der Waals surface area contributed by atoms with E-state index in [-0.39, 0.29) is 11.9 Å². The molecule has 1 saturated heterocycles. The largest absolute Gasteiger partial charge is 0.352 e. The Kier molecular flexibility index (Phi) is 5.77. The van der Waals surface area contributed by atoms with E-state index in [2.05, 4.69) is 59.5 Å². The molecule has 0 saturated carbocycles. The first kappa shape index (κ1) is 18.6. The first-order chi connectivity index (χ1) is 12.5. The standard InChI is InChI=1S/C21H30N4O/c1-5-7-19-13-24(14-21(19)22-17(4)26)12-18-8-6-9-20(11-18)25-16(3)10-15(2)23-25/h6,8-11,19,21H,5,7,12-14H2,1-4H3,(H,22,26). The number of amides is 1. The third-order valence-electron chi connectivity index (χ3n) is 5.14. The molecule has 26 heavy (non-hydrogen) atoms. The van der Waals surface area contributed by atoms with Crippen LogP contribution < -0.4 is 5.32 Å². The van der Waals surface area contributed by atoms with E-state index in [1.54, 1.807) is 6.92 Å². The molecule has 140 valence electrons. The molecule has 1 fully saturated rings. The van der Waals surface area contributed by atoms with Gasteiger partial charge >= 0.3 is 0 Å². The summed E-state index contributed by atoms with van der Waals surface area (Å²) in [6, 6.07) is 11.0. The molecule has 1 aromatic carbocycles. The highest BCUT2D eigenvalue weighted by Gasteiger charge is 2.32. The van der Waals surface area contributed by atoms with Crippen molar-refractivity contribution in [2.24, 2.45) is 5.92 Å². The molecule has 2 heterocycles. The average molecular weight is 354 g/mol. The maximum absolute atomic E-state index is 11.5. The quantitative estimate of drug-likeness (QED) is 0.866. The first-order valence-electron chi connectivity index (χ1n) is 9.58. The Labute approximate surface area is 156 Å². The van der Waals surface area contributed by atoms with Crippen molar-refractivity contribution in [1.29, 1.82) is 0 Å². The van der Waals surface area contributed by atoms with Crippen molar-refractivity contribution in [2.45, 2.75) is 53.1 Å². The van der Waals surface area contributed by atoms with Crippen LogP contribution in [-0.4, -0.2) is 39.7 Å². The van der Waals surface area contributed by atoms with Crippen LogP contribution in [0.2, 0.25) is 0 Å². The minimum absolute atomic E-state index is 0.0736. The number of carbonyl (C=O) groups is 1. The lowest BCUT2D eigenvalue weighted by Crippen LogP contribution is -2.39. The fourth-order valence-corrected chi connectivity index (χ4v) is 4.11. The molecule has 0 radical (unpaired) electrons. The summed E-state index contributed by atoms with van der Waals surface area (Å²) in [7, 11) is 0. The van der Waals surface area contributed by atoms with Gasteiger partial charge in [-0.25, -0.2) is 4.68 Å². The number of benzene rings is 1. The van der Waals surface area contributed by atoms with Gasteiger partial charge in [0, 0.05) is 38.3 Å². The van der Waals surface area contributed by atoms with E-state index in [9.17, 15) is 4.79 Å². The zero-order valence-electron chi connectivity index (χ0n) is 16.3. The van der Waals surface area contributed by atoms with Crippen molar-refractivity contribution in [3.63, 3.8) is 0 Å². The summed E-state index contributed by atoms with van der Waals surface area (Å²) in [6.45, 7) is 10.8. The number of nitrogens with one attached hydrogen (secondary N) is 1. The predicted octanol–water partition coefficient (Wildman–Crippen LogP) is 3.23. The second-order valence-electron chi connectivity index (χ2n) is 7.56. The third kappa shape index (κ3) is 4.33. The number of nitrogens with zero attached hydrogens (tertiary/aromatic N) is 3. The minimum atomic E-state index is 0.0736. The molecular formula is C21H30N4O. The molecule has 1 amide bonds. The smallest absolute Gasteiger partial charge is 0.217 e. The SMILES string of the molecule is CCCC1CN(Cc2cccc(-n3nc(C)cc3C)c2)CC1NC(C)=O.